The van der Waals surface area contributed by atoms with Crippen molar-refractivity contribution in [3.63, 3.8) is 0 Å². The third-order valence-corrected chi connectivity index (χ3v) is 6.35. The maximum Gasteiger partial charge on any atom is 0.317 e. The van der Waals surface area contributed by atoms with Gasteiger partial charge in [-0.3, -0.25) is 4.68 Å². The standard InChI is InChI=1S/C20H35N5O/c1-15-19(16(2)24(4)22-15)14-23(3)20(26)21-12-17-10-11-25(13-17)18-8-6-5-7-9-18/h17-18H,5-14H2,1-4H3,(H,21,26)/t17-/m0/s1. The van der Waals surface area contributed by atoms with Gasteiger partial charge in [-0.2, -0.15) is 5.10 Å². The van der Waals surface area contributed by atoms with E-state index in [-0.39, 0.29) is 6.03 Å². The lowest BCUT2D eigenvalue weighted by molar-refractivity contribution is 0.183. The normalized spacial score (nSPS) is 21.9. The van der Waals surface area contributed by atoms with Crippen LogP contribution in [-0.2, 0) is 13.6 Å². The molecule has 6 nitrogen and oxygen atoms in total. The molecule has 2 fully saturated rings. The Labute approximate surface area is 157 Å². The number of hydrogen-bond acceptors (Lipinski definition) is 3. The van der Waals surface area contributed by atoms with E-state index in [4.69, 9.17) is 0 Å². The van der Waals surface area contributed by atoms with Crippen molar-refractivity contribution in [3.8, 4) is 0 Å². The van der Waals surface area contributed by atoms with Crippen molar-refractivity contribution in [3.05, 3.63) is 17.0 Å². The van der Waals surface area contributed by atoms with Crippen LogP contribution in [-0.4, -0.2) is 58.3 Å². The number of amides is 2. The van der Waals surface area contributed by atoms with Crippen LogP contribution in [0.4, 0.5) is 4.79 Å². The monoisotopic (exact) mass is 361 g/mol. The van der Waals surface area contributed by atoms with E-state index < -0.39 is 0 Å². The fraction of sp³-hybridized carbons (Fsp3) is 0.800. The Morgan fingerprint density at radius 1 is 1.23 bits per heavy atom. The van der Waals surface area contributed by atoms with Gasteiger partial charge in [0, 0.05) is 44.5 Å². The number of likely N-dealkylation sites (tertiary alicyclic amines) is 1. The first kappa shape index (κ1) is 19.2. The Kier molecular flexibility index (Phi) is 6.22. The molecule has 1 atom stereocenters. The summed E-state index contributed by atoms with van der Waals surface area (Å²) in [4.78, 5) is 16.9. The molecule has 2 aliphatic rings. The Hall–Kier alpha value is -1.56. The summed E-state index contributed by atoms with van der Waals surface area (Å²) < 4.78 is 1.88. The van der Waals surface area contributed by atoms with Gasteiger partial charge in [-0.1, -0.05) is 19.3 Å². The Morgan fingerprint density at radius 2 is 1.96 bits per heavy atom. The molecule has 0 aromatic carbocycles. The molecule has 1 N–H and O–H groups in total. The molecular weight excluding hydrogens is 326 g/mol. The van der Waals surface area contributed by atoms with E-state index in [0.717, 1.165) is 36.1 Å². The molecule has 0 unspecified atom stereocenters. The quantitative estimate of drug-likeness (QED) is 0.877. The highest BCUT2D eigenvalue weighted by atomic mass is 16.2. The molecule has 1 saturated carbocycles. The maximum atomic E-state index is 12.5. The van der Waals surface area contributed by atoms with E-state index in [1.54, 1.807) is 4.90 Å². The van der Waals surface area contributed by atoms with Crippen molar-refractivity contribution in [2.45, 2.75) is 65.0 Å². The van der Waals surface area contributed by atoms with Crippen LogP contribution in [0.25, 0.3) is 0 Å². The van der Waals surface area contributed by atoms with Crippen LogP contribution in [0.15, 0.2) is 0 Å². The van der Waals surface area contributed by atoms with Gasteiger partial charge in [0.25, 0.3) is 0 Å². The predicted octanol–water partition coefficient (Wildman–Crippen LogP) is 2.83. The molecule has 0 bridgehead atoms. The van der Waals surface area contributed by atoms with Crippen LogP contribution in [0.2, 0.25) is 0 Å². The molecule has 2 heterocycles. The predicted molar refractivity (Wildman–Crippen MR) is 104 cm³/mol. The van der Waals surface area contributed by atoms with E-state index in [9.17, 15) is 4.79 Å². The topological polar surface area (TPSA) is 53.4 Å². The fourth-order valence-corrected chi connectivity index (χ4v) is 4.53. The van der Waals surface area contributed by atoms with Gasteiger partial charge in [0.2, 0.25) is 0 Å². The summed E-state index contributed by atoms with van der Waals surface area (Å²) in [5, 5.41) is 7.58. The number of nitrogens with one attached hydrogen (secondary N) is 1. The van der Waals surface area contributed by atoms with Gasteiger partial charge in [-0.25, -0.2) is 4.79 Å². The van der Waals surface area contributed by atoms with Gasteiger partial charge in [0.05, 0.1) is 12.2 Å². The molecule has 1 aromatic heterocycles. The average Bonchev–Trinajstić information content (AvgIpc) is 3.21. The second-order valence-electron chi connectivity index (χ2n) is 8.26. The van der Waals surface area contributed by atoms with Gasteiger partial charge in [0.15, 0.2) is 0 Å². The first-order chi connectivity index (χ1) is 12.5. The van der Waals surface area contributed by atoms with Crippen LogP contribution in [0.1, 0.15) is 55.5 Å². The molecular formula is C20H35N5O. The first-order valence-electron chi connectivity index (χ1n) is 10.2. The van der Waals surface area contributed by atoms with Gasteiger partial charge in [-0.05, 0) is 45.6 Å². The second kappa shape index (κ2) is 8.42. The lowest BCUT2D eigenvalue weighted by Crippen LogP contribution is -2.40. The van der Waals surface area contributed by atoms with Crippen molar-refractivity contribution in [1.29, 1.82) is 0 Å². The molecule has 1 aromatic rings. The molecule has 0 radical (unpaired) electrons. The minimum atomic E-state index is 0.0174. The molecule has 1 aliphatic heterocycles. The molecule has 146 valence electrons. The molecule has 1 aliphatic carbocycles. The summed E-state index contributed by atoms with van der Waals surface area (Å²) >= 11 is 0. The number of carbonyl (C=O) groups excluding carboxylic acids is 1. The van der Waals surface area contributed by atoms with Crippen molar-refractivity contribution >= 4 is 6.03 Å². The average molecular weight is 362 g/mol. The Morgan fingerprint density at radius 3 is 2.62 bits per heavy atom. The SMILES string of the molecule is Cc1nn(C)c(C)c1CN(C)C(=O)NC[C@@H]1CCN(C2CCCCC2)C1. The van der Waals surface area contributed by atoms with E-state index in [0.29, 0.717) is 12.5 Å². The third-order valence-electron chi connectivity index (χ3n) is 6.35. The summed E-state index contributed by atoms with van der Waals surface area (Å²) in [7, 11) is 3.81. The highest BCUT2D eigenvalue weighted by Gasteiger charge is 2.29. The minimum Gasteiger partial charge on any atom is -0.338 e. The molecule has 0 spiro atoms. The van der Waals surface area contributed by atoms with Crippen LogP contribution < -0.4 is 5.32 Å². The number of nitrogens with zero attached hydrogens (tertiary/aromatic N) is 4. The largest absolute Gasteiger partial charge is 0.338 e. The second-order valence-corrected chi connectivity index (χ2v) is 8.26. The highest BCUT2D eigenvalue weighted by molar-refractivity contribution is 5.73. The maximum absolute atomic E-state index is 12.5. The van der Waals surface area contributed by atoms with Gasteiger partial charge in [0.1, 0.15) is 0 Å². The number of rotatable bonds is 5. The summed E-state index contributed by atoms with van der Waals surface area (Å²) in [5.74, 6) is 0.594. The highest BCUT2D eigenvalue weighted by Crippen LogP contribution is 2.27. The zero-order valence-corrected chi connectivity index (χ0v) is 16.9. The van der Waals surface area contributed by atoms with Crippen LogP contribution >= 0.6 is 0 Å². The smallest absolute Gasteiger partial charge is 0.317 e. The number of hydrogen-bond donors (Lipinski definition) is 1. The van der Waals surface area contributed by atoms with Crippen molar-refractivity contribution in [2.24, 2.45) is 13.0 Å². The number of carbonyl (C=O) groups is 1. The fourth-order valence-electron chi connectivity index (χ4n) is 4.53. The molecule has 2 amide bonds. The minimum absolute atomic E-state index is 0.0174. The Balaban J connectivity index is 1.43. The number of aryl methyl sites for hydroxylation is 2. The van der Waals surface area contributed by atoms with Crippen molar-refractivity contribution in [2.75, 3.05) is 26.7 Å². The third kappa shape index (κ3) is 4.40. The molecule has 3 rings (SSSR count). The Bertz CT molecular complexity index is 620. The van der Waals surface area contributed by atoms with Crippen LogP contribution in [0.5, 0.6) is 0 Å². The van der Waals surface area contributed by atoms with E-state index in [1.807, 2.05) is 25.7 Å². The van der Waals surface area contributed by atoms with E-state index in [2.05, 4.69) is 22.2 Å². The van der Waals surface area contributed by atoms with Gasteiger partial charge in [-0.15, -0.1) is 0 Å². The summed E-state index contributed by atoms with van der Waals surface area (Å²) in [6, 6.07) is 0.812. The van der Waals surface area contributed by atoms with Gasteiger partial charge < -0.3 is 15.1 Å². The number of aromatic nitrogens is 2. The zero-order valence-electron chi connectivity index (χ0n) is 16.9. The van der Waals surface area contributed by atoms with Crippen molar-refractivity contribution in [1.82, 2.24) is 24.9 Å². The lowest BCUT2D eigenvalue weighted by Gasteiger charge is -2.31. The first-order valence-corrected chi connectivity index (χ1v) is 10.2. The molecule has 26 heavy (non-hydrogen) atoms. The van der Waals surface area contributed by atoms with Crippen LogP contribution in [0.3, 0.4) is 0 Å². The van der Waals surface area contributed by atoms with Gasteiger partial charge >= 0.3 is 6.03 Å². The lowest BCUT2D eigenvalue weighted by atomic mass is 9.94. The molecule has 1 saturated heterocycles. The zero-order chi connectivity index (χ0) is 18.7. The summed E-state index contributed by atoms with van der Waals surface area (Å²) in [6.45, 7) is 7.81. The molecule has 6 heteroatoms. The van der Waals surface area contributed by atoms with Crippen LogP contribution in [0, 0.1) is 19.8 Å². The number of urea groups is 1. The van der Waals surface area contributed by atoms with Crippen molar-refractivity contribution < 1.29 is 4.79 Å². The summed E-state index contributed by atoms with van der Waals surface area (Å²) in [6.07, 6.45) is 8.13. The van der Waals surface area contributed by atoms with E-state index >= 15 is 0 Å². The summed E-state index contributed by atoms with van der Waals surface area (Å²) in [5.41, 5.74) is 3.28. The van der Waals surface area contributed by atoms with E-state index in [1.165, 1.54) is 45.1 Å².